The smallest absolute Gasteiger partial charge is 0.164 e. The van der Waals surface area contributed by atoms with E-state index in [9.17, 15) is 0 Å². The average molecular weight is 593 g/mol. The predicted molar refractivity (Wildman–Crippen MR) is 185 cm³/mol. The second kappa shape index (κ2) is 10.8. The second-order valence-corrected chi connectivity index (χ2v) is 11.6. The minimum absolute atomic E-state index is 0.194. The number of hydrogen-bond donors (Lipinski definition) is 0. The summed E-state index contributed by atoms with van der Waals surface area (Å²) in [5.41, 5.74) is 9.42. The molecule has 0 saturated carbocycles. The monoisotopic (exact) mass is 592 g/mol. The first-order chi connectivity index (χ1) is 22.8. The number of benzene rings is 6. The van der Waals surface area contributed by atoms with Crippen LogP contribution < -0.4 is 4.90 Å². The molecule has 1 atom stereocenters. The van der Waals surface area contributed by atoms with Crippen LogP contribution >= 0.6 is 0 Å². The first-order valence-electron chi connectivity index (χ1n) is 15.5. The van der Waals surface area contributed by atoms with Crippen molar-refractivity contribution in [2.45, 2.75) is 12.5 Å². The van der Waals surface area contributed by atoms with Crippen molar-refractivity contribution < 1.29 is 4.42 Å². The third-order valence-corrected chi connectivity index (χ3v) is 8.86. The number of para-hydroxylation sites is 1. The predicted octanol–water partition coefficient (Wildman–Crippen LogP) is 10.2. The van der Waals surface area contributed by atoms with Crippen molar-refractivity contribution >= 4 is 33.3 Å². The molecule has 3 heterocycles. The number of aromatic nitrogens is 3. The molecule has 0 fully saturated rings. The third-order valence-electron chi connectivity index (χ3n) is 8.86. The van der Waals surface area contributed by atoms with E-state index in [1.54, 1.807) is 0 Å². The molecule has 9 rings (SSSR count). The lowest BCUT2D eigenvalue weighted by Crippen LogP contribution is -2.19. The standard InChI is InChI=1S/C41H28N4O/c1-4-13-27(14-5-1)35-25-30-19-10-11-21-34(30)45(35)31-23-24-36-33(26-31)38-32(20-12-22-37(38)46-36)41-43-39(28-15-6-2-7-16-28)42-40(44-41)29-17-8-3-9-18-29/h1-24,26,35H,25H2. The summed E-state index contributed by atoms with van der Waals surface area (Å²) in [6, 6.07) is 52.5. The van der Waals surface area contributed by atoms with Gasteiger partial charge >= 0.3 is 0 Å². The minimum atomic E-state index is 0.194. The zero-order valence-electron chi connectivity index (χ0n) is 24.9. The van der Waals surface area contributed by atoms with E-state index in [1.165, 1.54) is 16.8 Å². The number of hydrogen-bond acceptors (Lipinski definition) is 5. The van der Waals surface area contributed by atoms with Crippen molar-refractivity contribution in [3.63, 3.8) is 0 Å². The molecule has 0 aliphatic carbocycles. The molecule has 0 bridgehead atoms. The van der Waals surface area contributed by atoms with E-state index < -0.39 is 0 Å². The van der Waals surface area contributed by atoms with Crippen LogP contribution in [0.5, 0.6) is 0 Å². The first-order valence-corrected chi connectivity index (χ1v) is 15.5. The fraction of sp³-hybridized carbons (Fsp3) is 0.0488. The van der Waals surface area contributed by atoms with E-state index in [1.807, 2.05) is 72.8 Å². The number of rotatable bonds is 5. The summed E-state index contributed by atoms with van der Waals surface area (Å²) in [7, 11) is 0. The highest BCUT2D eigenvalue weighted by molar-refractivity contribution is 6.12. The fourth-order valence-electron chi connectivity index (χ4n) is 6.73. The molecular weight excluding hydrogens is 564 g/mol. The van der Waals surface area contributed by atoms with Crippen molar-refractivity contribution in [3.8, 4) is 34.2 Å². The molecule has 1 unspecified atom stereocenters. The maximum absolute atomic E-state index is 6.45. The molecule has 2 aromatic heterocycles. The van der Waals surface area contributed by atoms with Crippen molar-refractivity contribution in [2.24, 2.45) is 0 Å². The highest BCUT2D eigenvalue weighted by Gasteiger charge is 2.32. The Hall–Kier alpha value is -6.07. The highest BCUT2D eigenvalue weighted by atomic mass is 16.3. The zero-order valence-corrected chi connectivity index (χ0v) is 24.9. The normalized spacial score (nSPS) is 14.2. The lowest BCUT2D eigenvalue weighted by Gasteiger charge is -2.28. The molecule has 0 saturated heterocycles. The Morgan fingerprint density at radius 1 is 0.543 bits per heavy atom. The maximum Gasteiger partial charge on any atom is 0.164 e. The molecule has 0 N–H and O–H groups in total. The van der Waals surface area contributed by atoms with Gasteiger partial charge < -0.3 is 9.32 Å². The summed E-state index contributed by atoms with van der Waals surface area (Å²) < 4.78 is 6.45. The van der Waals surface area contributed by atoms with Crippen LogP contribution in [0, 0.1) is 0 Å². The first kappa shape index (κ1) is 26.3. The van der Waals surface area contributed by atoms with Crippen LogP contribution in [0.1, 0.15) is 17.2 Å². The third kappa shape index (κ3) is 4.44. The molecule has 1 aliphatic rings. The molecule has 46 heavy (non-hydrogen) atoms. The van der Waals surface area contributed by atoms with Gasteiger partial charge in [0.05, 0.1) is 6.04 Å². The zero-order chi connectivity index (χ0) is 30.5. The number of nitrogens with zero attached hydrogens (tertiary/aromatic N) is 4. The molecule has 1 aliphatic heterocycles. The molecule has 0 radical (unpaired) electrons. The van der Waals surface area contributed by atoms with Crippen LogP contribution in [0.15, 0.2) is 156 Å². The minimum Gasteiger partial charge on any atom is -0.456 e. The largest absolute Gasteiger partial charge is 0.456 e. The Labute approximate surface area is 266 Å². The Kier molecular flexibility index (Phi) is 6.20. The molecule has 8 aromatic rings. The van der Waals surface area contributed by atoms with Gasteiger partial charge in [-0.25, -0.2) is 15.0 Å². The van der Waals surface area contributed by atoms with Crippen LogP contribution in [0.4, 0.5) is 11.4 Å². The van der Waals surface area contributed by atoms with Gasteiger partial charge in [0.1, 0.15) is 11.2 Å². The van der Waals surface area contributed by atoms with Crippen molar-refractivity contribution in [1.82, 2.24) is 15.0 Å². The van der Waals surface area contributed by atoms with Gasteiger partial charge in [-0.05, 0) is 47.9 Å². The maximum atomic E-state index is 6.45. The van der Waals surface area contributed by atoms with Gasteiger partial charge in [-0.3, -0.25) is 0 Å². The number of furan rings is 1. The Morgan fingerprint density at radius 3 is 1.89 bits per heavy atom. The Balaban J connectivity index is 1.25. The summed E-state index contributed by atoms with van der Waals surface area (Å²) in [5.74, 6) is 1.88. The lowest BCUT2D eigenvalue weighted by atomic mass is 10.0. The fourth-order valence-corrected chi connectivity index (χ4v) is 6.73. The summed E-state index contributed by atoms with van der Waals surface area (Å²) >= 11 is 0. The molecule has 0 amide bonds. The lowest BCUT2D eigenvalue weighted by molar-refractivity contribution is 0.668. The summed E-state index contributed by atoms with van der Waals surface area (Å²) in [5, 5.41) is 2.02. The van der Waals surface area contributed by atoms with Crippen molar-refractivity contribution in [1.29, 1.82) is 0 Å². The van der Waals surface area contributed by atoms with Gasteiger partial charge in [-0.1, -0.05) is 121 Å². The molecule has 0 spiro atoms. The number of anilines is 2. The van der Waals surface area contributed by atoms with E-state index >= 15 is 0 Å². The van der Waals surface area contributed by atoms with Crippen LogP contribution in [0.2, 0.25) is 0 Å². The van der Waals surface area contributed by atoms with Crippen molar-refractivity contribution in [3.05, 3.63) is 163 Å². The Morgan fingerprint density at radius 2 is 1.17 bits per heavy atom. The van der Waals surface area contributed by atoms with Gasteiger partial charge in [-0.2, -0.15) is 0 Å². The molecule has 6 aromatic carbocycles. The van der Waals surface area contributed by atoms with Crippen LogP contribution in [-0.4, -0.2) is 15.0 Å². The van der Waals surface area contributed by atoms with E-state index in [4.69, 9.17) is 19.4 Å². The van der Waals surface area contributed by atoms with E-state index in [0.717, 1.165) is 50.7 Å². The van der Waals surface area contributed by atoms with Gasteiger partial charge in [-0.15, -0.1) is 0 Å². The van der Waals surface area contributed by atoms with Gasteiger partial charge in [0.2, 0.25) is 0 Å². The summed E-state index contributed by atoms with van der Waals surface area (Å²) in [4.78, 5) is 17.5. The van der Waals surface area contributed by atoms with Gasteiger partial charge in [0, 0.05) is 38.8 Å². The SMILES string of the molecule is c1ccc(-c2nc(-c3ccccc3)nc(-c3cccc4oc5ccc(N6c7ccccc7CC6c6ccccc6)cc5c34)n2)cc1. The molecule has 5 heteroatoms. The van der Waals surface area contributed by atoms with Gasteiger partial charge in [0.25, 0.3) is 0 Å². The molecule has 218 valence electrons. The van der Waals surface area contributed by atoms with Crippen LogP contribution in [-0.2, 0) is 6.42 Å². The second-order valence-electron chi connectivity index (χ2n) is 11.6. The Bertz CT molecular complexity index is 2290. The summed E-state index contributed by atoms with van der Waals surface area (Å²) in [6.45, 7) is 0. The molecule has 5 nitrogen and oxygen atoms in total. The topological polar surface area (TPSA) is 55.1 Å². The summed E-state index contributed by atoms with van der Waals surface area (Å²) in [6.07, 6.45) is 0.949. The van der Waals surface area contributed by atoms with E-state index in [2.05, 4.69) is 83.8 Å². The van der Waals surface area contributed by atoms with Crippen LogP contribution in [0.25, 0.3) is 56.1 Å². The van der Waals surface area contributed by atoms with Gasteiger partial charge in [0.15, 0.2) is 17.5 Å². The highest BCUT2D eigenvalue weighted by Crippen LogP contribution is 2.47. The quantitative estimate of drug-likeness (QED) is 0.199. The average Bonchev–Trinajstić information content (AvgIpc) is 3.71. The van der Waals surface area contributed by atoms with E-state index in [0.29, 0.717) is 17.5 Å². The van der Waals surface area contributed by atoms with E-state index in [-0.39, 0.29) is 6.04 Å². The molecular formula is C41H28N4O. The number of fused-ring (bicyclic) bond motifs is 4. The van der Waals surface area contributed by atoms with Crippen molar-refractivity contribution in [2.75, 3.05) is 4.90 Å². The van der Waals surface area contributed by atoms with Crippen LogP contribution in [0.3, 0.4) is 0 Å².